The van der Waals surface area contributed by atoms with Crippen molar-refractivity contribution in [3.63, 3.8) is 0 Å². The number of nitrogens with zero attached hydrogens (tertiary/aromatic N) is 2. The molecule has 1 aromatic carbocycles. The number of carbonyl (C=O) groups excluding carboxylic acids is 4. The molecule has 15 heteroatoms. The molecular formula is C33H52N5O8PS. The van der Waals surface area contributed by atoms with Crippen molar-refractivity contribution in [3.8, 4) is 0 Å². The average molecular weight is 710 g/mol. The molecule has 5 N–H and O–H groups in total. The first-order valence-electron chi connectivity index (χ1n) is 16.1. The van der Waals surface area contributed by atoms with Crippen LogP contribution in [0, 0.1) is 17.8 Å². The summed E-state index contributed by atoms with van der Waals surface area (Å²) >= 11 is 1.16. The topological polar surface area (TPSA) is 187 Å². The van der Waals surface area contributed by atoms with Gasteiger partial charge in [0.2, 0.25) is 11.8 Å². The minimum atomic E-state index is -5.14. The average Bonchev–Trinajstić information content (AvgIpc) is 3.53. The molecule has 0 spiro atoms. The minimum absolute atomic E-state index is 0.00857. The molecular weight excluding hydrogens is 657 g/mol. The van der Waals surface area contributed by atoms with Gasteiger partial charge in [0.1, 0.15) is 28.9 Å². The van der Waals surface area contributed by atoms with Gasteiger partial charge in [0.15, 0.2) is 0 Å². The summed E-state index contributed by atoms with van der Waals surface area (Å²) in [5.41, 5.74) is -0.823. The maximum atomic E-state index is 14.0. The molecule has 13 nitrogen and oxygen atoms in total. The third-order valence-electron chi connectivity index (χ3n) is 8.59. The van der Waals surface area contributed by atoms with Crippen molar-refractivity contribution in [2.45, 2.75) is 91.1 Å². The number of ether oxygens (including phenoxy) is 1. The van der Waals surface area contributed by atoms with Crippen molar-refractivity contribution in [1.29, 1.82) is 0 Å². The van der Waals surface area contributed by atoms with Crippen LogP contribution in [0.5, 0.6) is 0 Å². The monoisotopic (exact) mass is 709 g/mol. The number of rotatable bonds is 19. The SMILES string of the molecule is CCC(C)[C@H](NC(=O)[C@@H](NC)C(C)C)C(=O)N(C)[C@H](CC(OC)c1nc(C(=O)N[C@@H](Cc2ccccc2)C(=O)P(=O)(O)O)cs1)C(C)C. The summed E-state index contributed by atoms with van der Waals surface area (Å²) in [5, 5.41) is 10.4. The molecule has 2 aromatic rings. The van der Waals surface area contributed by atoms with Gasteiger partial charge < -0.3 is 35.4 Å². The molecule has 0 bridgehead atoms. The number of benzene rings is 1. The second kappa shape index (κ2) is 18.7. The predicted octanol–water partition coefficient (Wildman–Crippen LogP) is 3.52. The fraction of sp³-hybridized carbons (Fsp3) is 0.606. The van der Waals surface area contributed by atoms with Crippen LogP contribution >= 0.6 is 18.9 Å². The van der Waals surface area contributed by atoms with E-state index in [4.69, 9.17) is 4.74 Å². The second-order valence-electron chi connectivity index (χ2n) is 12.8. The summed E-state index contributed by atoms with van der Waals surface area (Å²) in [5.74, 6) is -1.33. The number of carbonyl (C=O) groups is 4. The first-order valence-corrected chi connectivity index (χ1v) is 18.6. The van der Waals surface area contributed by atoms with Crippen molar-refractivity contribution >= 4 is 42.2 Å². The van der Waals surface area contributed by atoms with Crippen molar-refractivity contribution < 1.29 is 38.3 Å². The molecule has 2 rings (SSSR count). The van der Waals surface area contributed by atoms with Crippen LogP contribution in [0.25, 0.3) is 0 Å². The van der Waals surface area contributed by atoms with Crippen LogP contribution in [-0.4, -0.2) is 88.3 Å². The lowest BCUT2D eigenvalue weighted by atomic mass is 9.92. The Morgan fingerprint density at radius 3 is 2.12 bits per heavy atom. The molecule has 48 heavy (non-hydrogen) atoms. The van der Waals surface area contributed by atoms with Gasteiger partial charge in [0.05, 0.1) is 6.04 Å². The Balaban J connectivity index is 2.28. The van der Waals surface area contributed by atoms with E-state index in [1.165, 1.54) is 12.5 Å². The van der Waals surface area contributed by atoms with E-state index in [-0.39, 0.29) is 47.7 Å². The highest BCUT2D eigenvalue weighted by molar-refractivity contribution is 7.70. The standard InChI is InChI=1S/C33H52N5O8PS/c1-10-21(6)28(37-30(40)27(34-7)20(4)5)32(41)38(8)25(19(2)3)17-26(46-9)31-36-24(18-48-31)29(39)35-23(33(42)47(43,44)45)16-22-14-12-11-13-15-22/h11-15,18-21,23,25-28,34H,10,16-17H2,1-9H3,(H,35,39)(H,37,40)(H2,43,44,45)/t21?,23-,25+,26?,27-,28-/m0/s1. The zero-order chi connectivity index (χ0) is 36.3. The van der Waals surface area contributed by atoms with Gasteiger partial charge >= 0.3 is 7.60 Å². The number of hydrogen-bond acceptors (Lipinski definition) is 9. The lowest BCUT2D eigenvalue weighted by Crippen LogP contribution is -2.57. The Hall–Kier alpha value is -3.00. The highest BCUT2D eigenvalue weighted by Gasteiger charge is 2.37. The smallest absolute Gasteiger partial charge is 0.374 e. The zero-order valence-electron chi connectivity index (χ0n) is 29.3. The van der Waals surface area contributed by atoms with Gasteiger partial charge in [-0.3, -0.25) is 23.7 Å². The Morgan fingerprint density at radius 1 is 1.00 bits per heavy atom. The van der Waals surface area contributed by atoms with E-state index in [0.29, 0.717) is 23.4 Å². The normalized spacial score (nSPS) is 15.7. The second-order valence-corrected chi connectivity index (χ2v) is 15.2. The van der Waals surface area contributed by atoms with Crippen molar-refractivity contribution in [2.75, 3.05) is 21.2 Å². The lowest BCUT2D eigenvalue weighted by molar-refractivity contribution is -0.140. The van der Waals surface area contributed by atoms with Crippen LogP contribution in [-0.2, 0) is 30.1 Å². The van der Waals surface area contributed by atoms with E-state index < -0.39 is 43.3 Å². The van der Waals surface area contributed by atoms with Gasteiger partial charge in [-0.25, -0.2) is 4.98 Å². The number of methoxy groups -OCH3 is 1. The molecule has 6 atom stereocenters. The highest BCUT2D eigenvalue weighted by atomic mass is 32.1. The predicted molar refractivity (Wildman–Crippen MR) is 185 cm³/mol. The molecule has 0 radical (unpaired) electrons. The van der Waals surface area contributed by atoms with E-state index in [2.05, 4.69) is 20.9 Å². The fourth-order valence-corrected chi connectivity index (χ4v) is 6.94. The van der Waals surface area contributed by atoms with E-state index in [0.717, 1.165) is 11.3 Å². The van der Waals surface area contributed by atoms with E-state index >= 15 is 0 Å². The molecule has 1 heterocycles. The molecule has 0 fully saturated rings. The molecule has 3 amide bonds. The van der Waals surface area contributed by atoms with Crippen molar-refractivity contribution in [3.05, 3.63) is 52.0 Å². The van der Waals surface area contributed by atoms with Crippen LogP contribution in [0.1, 0.15) is 81.5 Å². The molecule has 268 valence electrons. The number of amides is 3. The fourth-order valence-electron chi connectivity index (χ4n) is 5.50. The van der Waals surface area contributed by atoms with E-state index in [9.17, 15) is 33.5 Å². The quantitative estimate of drug-likeness (QED) is 0.135. The Bertz CT molecular complexity index is 1420. The van der Waals surface area contributed by atoms with Crippen LogP contribution in [0.15, 0.2) is 35.7 Å². The Morgan fingerprint density at radius 2 is 1.62 bits per heavy atom. The van der Waals surface area contributed by atoms with Gasteiger partial charge in [-0.15, -0.1) is 11.3 Å². The van der Waals surface area contributed by atoms with Gasteiger partial charge in [-0.1, -0.05) is 78.3 Å². The zero-order valence-corrected chi connectivity index (χ0v) is 31.0. The van der Waals surface area contributed by atoms with E-state index in [1.807, 2.05) is 41.5 Å². The summed E-state index contributed by atoms with van der Waals surface area (Å²) in [6, 6.07) is 5.58. The summed E-state index contributed by atoms with van der Waals surface area (Å²) in [6.45, 7) is 11.7. The third-order valence-corrected chi connectivity index (χ3v) is 10.4. The molecule has 0 saturated heterocycles. The Labute approximate surface area is 287 Å². The van der Waals surface area contributed by atoms with Crippen molar-refractivity contribution in [1.82, 2.24) is 25.8 Å². The first kappa shape index (κ1) is 41.2. The number of thiazole rings is 1. The first-order chi connectivity index (χ1) is 22.5. The third kappa shape index (κ3) is 11.3. The molecule has 0 aliphatic heterocycles. The number of likely N-dealkylation sites (N-methyl/N-ethyl adjacent to an activating group) is 2. The summed E-state index contributed by atoms with van der Waals surface area (Å²) in [6.07, 6.45) is 0.294. The number of hydrogen-bond donors (Lipinski definition) is 5. The molecule has 0 aliphatic rings. The van der Waals surface area contributed by atoms with Crippen molar-refractivity contribution in [2.24, 2.45) is 17.8 Å². The Kier molecular flexibility index (Phi) is 16.0. The maximum Gasteiger partial charge on any atom is 0.393 e. The van der Waals surface area contributed by atoms with E-state index in [1.54, 1.807) is 49.3 Å². The lowest BCUT2D eigenvalue weighted by Gasteiger charge is -2.37. The van der Waals surface area contributed by atoms with Crippen LogP contribution in [0.2, 0.25) is 0 Å². The minimum Gasteiger partial charge on any atom is -0.374 e. The number of nitrogens with one attached hydrogen (secondary N) is 3. The van der Waals surface area contributed by atoms with Gasteiger partial charge in [0, 0.05) is 38.4 Å². The van der Waals surface area contributed by atoms with Gasteiger partial charge in [0.25, 0.3) is 11.4 Å². The van der Waals surface area contributed by atoms with Gasteiger partial charge in [-0.2, -0.15) is 0 Å². The summed E-state index contributed by atoms with van der Waals surface area (Å²) in [4.78, 5) is 78.1. The van der Waals surface area contributed by atoms with Crippen LogP contribution < -0.4 is 16.0 Å². The summed E-state index contributed by atoms with van der Waals surface area (Å²) in [7, 11) is -0.205. The molecule has 1 aromatic heterocycles. The molecule has 2 unspecified atom stereocenters. The van der Waals surface area contributed by atoms with Gasteiger partial charge in [-0.05, 0) is 30.4 Å². The summed E-state index contributed by atoms with van der Waals surface area (Å²) < 4.78 is 17.6. The largest absolute Gasteiger partial charge is 0.393 e. The number of aromatic nitrogens is 1. The maximum absolute atomic E-state index is 14.0. The highest BCUT2D eigenvalue weighted by Crippen LogP contribution is 2.37. The van der Waals surface area contributed by atoms with Crippen LogP contribution in [0.4, 0.5) is 0 Å². The molecule has 0 aliphatic carbocycles. The van der Waals surface area contributed by atoms with Crippen LogP contribution in [0.3, 0.4) is 0 Å². The molecule has 0 saturated carbocycles.